The minimum atomic E-state index is -1.84. The molecule has 6 nitrogen and oxygen atoms in total. The summed E-state index contributed by atoms with van der Waals surface area (Å²) in [6.45, 7) is 7.37. The molecular weight excluding hydrogens is 304 g/mol. The predicted molar refractivity (Wildman–Crippen MR) is 75.9 cm³/mol. The molecule has 0 bridgehead atoms. The minimum Gasteiger partial charge on any atom is -0.499 e. The van der Waals surface area contributed by atoms with Gasteiger partial charge in [0, 0.05) is 5.50 Å². The van der Waals surface area contributed by atoms with E-state index in [-0.39, 0.29) is 12.4 Å². The molecule has 1 aliphatic heterocycles. The summed E-state index contributed by atoms with van der Waals surface area (Å²) in [4.78, 5) is 11.3. The van der Waals surface area contributed by atoms with E-state index in [1.807, 2.05) is 13.1 Å². The summed E-state index contributed by atoms with van der Waals surface area (Å²) < 4.78 is 10.1. The molecule has 0 radical (unpaired) electrons. The van der Waals surface area contributed by atoms with Crippen molar-refractivity contribution in [1.29, 1.82) is 0 Å². The SMILES string of the molecule is C=C(COC1=C(O)C(=O)O[C@@H]1[C@@H](O)CO)[Si](C)(C)CCl. The first-order valence-electron chi connectivity index (χ1n) is 6.04. The largest absolute Gasteiger partial charge is 0.499 e. The number of rotatable bonds is 7. The second-order valence-electron chi connectivity index (χ2n) is 5.20. The van der Waals surface area contributed by atoms with Crippen LogP contribution in [0.4, 0.5) is 0 Å². The van der Waals surface area contributed by atoms with Crippen molar-refractivity contribution in [3.63, 3.8) is 0 Å². The number of aliphatic hydroxyl groups excluding tert-OH is 3. The normalized spacial score (nSPS) is 20.9. The van der Waals surface area contributed by atoms with Gasteiger partial charge in [0.1, 0.15) is 12.7 Å². The maximum atomic E-state index is 11.3. The van der Waals surface area contributed by atoms with E-state index in [1.54, 1.807) is 0 Å². The van der Waals surface area contributed by atoms with Gasteiger partial charge in [-0.2, -0.15) is 0 Å². The van der Waals surface area contributed by atoms with E-state index in [0.717, 1.165) is 5.20 Å². The van der Waals surface area contributed by atoms with Gasteiger partial charge in [-0.25, -0.2) is 4.79 Å². The highest BCUT2D eigenvalue weighted by Crippen LogP contribution is 2.26. The van der Waals surface area contributed by atoms with Crippen LogP contribution in [0.1, 0.15) is 0 Å². The van der Waals surface area contributed by atoms with Crippen LogP contribution in [0.2, 0.25) is 13.1 Å². The van der Waals surface area contributed by atoms with Crippen molar-refractivity contribution in [1.82, 2.24) is 0 Å². The lowest BCUT2D eigenvalue weighted by molar-refractivity contribution is -0.148. The first-order chi connectivity index (χ1) is 9.24. The topological polar surface area (TPSA) is 96.2 Å². The highest BCUT2D eigenvalue weighted by atomic mass is 35.5. The van der Waals surface area contributed by atoms with Crippen LogP contribution in [-0.4, -0.2) is 60.3 Å². The summed E-state index contributed by atoms with van der Waals surface area (Å²) in [7, 11) is -1.84. The van der Waals surface area contributed by atoms with Gasteiger partial charge in [-0.3, -0.25) is 0 Å². The van der Waals surface area contributed by atoms with E-state index in [1.165, 1.54) is 0 Å². The van der Waals surface area contributed by atoms with Crippen LogP contribution in [0.3, 0.4) is 0 Å². The molecule has 2 atom stereocenters. The van der Waals surface area contributed by atoms with Gasteiger partial charge < -0.3 is 24.8 Å². The summed E-state index contributed by atoms with van der Waals surface area (Å²) in [5, 5.41) is 28.8. The first kappa shape index (κ1) is 17.0. The second-order valence-corrected chi connectivity index (χ2v) is 10.7. The molecule has 0 saturated heterocycles. The van der Waals surface area contributed by atoms with Gasteiger partial charge in [-0.05, 0) is 0 Å². The van der Waals surface area contributed by atoms with Crippen LogP contribution in [0.25, 0.3) is 0 Å². The third-order valence-electron chi connectivity index (χ3n) is 3.15. The highest BCUT2D eigenvalue weighted by molar-refractivity contribution is 6.89. The Balaban J connectivity index is 2.78. The second kappa shape index (κ2) is 6.62. The molecule has 0 aromatic heterocycles. The maximum Gasteiger partial charge on any atom is 0.378 e. The Kier molecular flexibility index (Phi) is 5.64. The third kappa shape index (κ3) is 3.54. The molecular formula is C12H19ClO6Si. The third-order valence-corrected chi connectivity index (χ3v) is 7.88. The van der Waals surface area contributed by atoms with Crippen LogP contribution in [0.15, 0.2) is 23.3 Å². The zero-order valence-electron chi connectivity index (χ0n) is 11.4. The van der Waals surface area contributed by atoms with Gasteiger partial charge in [-0.15, -0.1) is 18.2 Å². The van der Waals surface area contributed by atoms with Crippen LogP contribution in [-0.2, 0) is 14.3 Å². The van der Waals surface area contributed by atoms with Gasteiger partial charge in [0.2, 0.25) is 5.76 Å². The zero-order valence-corrected chi connectivity index (χ0v) is 13.2. The summed E-state index contributed by atoms with van der Waals surface area (Å²) in [6.07, 6.45) is -2.56. The molecule has 1 heterocycles. The smallest absolute Gasteiger partial charge is 0.378 e. The van der Waals surface area contributed by atoms with Crippen molar-refractivity contribution < 1.29 is 29.6 Å². The number of esters is 1. The molecule has 1 aliphatic rings. The summed E-state index contributed by atoms with van der Waals surface area (Å²) in [5.74, 6) is -1.87. The van der Waals surface area contributed by atoms with Crippen LogP contribution >= 0.6 is 11.6 Å². The number of carbonyl (C=O) groups excluding carboxylic acids is 1. The Hall–Kier alpha value is -1.02. The van der Waals surface area contributed by atoms with Crippen LogP contribution in [0.5, 0.6) is 0 Å². The Morgan fingerprint density at radius 3 is 2.70 bits per heavy atom. The molecule has 0 aromatic rings. The maximum absolute atomic E-state index is 11.3. The van der Waals surface area contributed by atoms with Crippen molar-refractivity contribution in [3.8, 4) is 0 Å². The van der Waals surface area contributed by atoms with Crippen molar-refractivity contribution >= 4 is 25.6 Å². The fourth-order valence-corrected chi connectivity index (χ4v) is 2.63. The Morgan fingerprint density at radius 1 is 1.60 bits per heavy atom. The molecule has 0 amide bonds. The fraction of sp³-hybridized carbons (Fsp3) is 0.583. The number of hydrogen-bond acceptors (Lipinski definition) is 6. The number of aliphatic hydroxyl groups is 3. The van der Waals surface area contributed by atoms with Gasteiger partial charge >= 0.3 is 5.97 Å². The standard InChI is InChI=1S/C12H19ClO6Si/c1-7(20(2,3)6-13)5-18-11-9(16)12(17)19-10(11)8(15)4-14/h8,10,14-16H,1,4-6H2,2-3H3/t8-,10+/m0/s1. The van der Waals surface area contributed by atoms with Gasteiger partial charge in [0.25, 0.3) is 0 Å². The van der Waals surface area contributed by atoms with Crippen molar-refractivity contribution in [2.24, 2.45) is 0 Å². The van der Waals surface area contributed by atoms with E-state index in [4.69, 9.17) is 26.2 Å². The van der Waals surface area contributed by atoms with E-state index in [0.29, 0.717) is 5.50 Å². The fourth-order valence-electron chi connectivity index (χ4n) is 1.41. The van der Waals surface area contributed by atoms with E-state index < -0.39 is 38.6 Å². The van der Waals surface area contributed by atoms with Crippen molar-refractivity contribution in [2.75, 3.05) is 18.7 Å². The molecule has 0 unspecified atom stereocenters. The molecule has 0 spiro atoms. The van der Waals surface area contributed by atoms with Gasteiger partial charge in [0.15, 0.2) is 11.9 Å². The number of alkyl halides is 1. The lowest BCUT2D eigenvalue weighted by atomic mass is 10.2. The van der Waals surface area contributed by atoms with E-state index >= 15 is 0 Å². The Bertz CT molecular complexity index is 434. The van der Waals surface area contributed by atoms with E-state index in [9.17, 15) is 15.0 Å². The molecule has 0 aliphatic carbocycles. The molecule has 0 saturated carbocycles. The van der Waals surface area contributed by atoms with Gasteiger partial charge in [-0.1, -0.05) is 18.3 Å². The Labute approximate surface area is 123 Å². The van der Waals surface area contributed by atoms with Gasteiger partial charge in [0.05, 0.1) is 14.7 Å². The molecule has 0 aromatic carbocycles. The highest BCUT2D eigenvalue weighted by Gasteiger charge is 2.41. The van der Waals surface area contributed by atoms with Crippen LogP contribution < -0.4 is 0 Å². The van der Waals surface area contributed by atoms with Crippen molar-refractivity contribution in [2.45, 2.75) is 25.3 Å². The minimum absolute atomic E-state index is 0.0661. The summed E-state index contributed by atoms with van der Waals surface area (Å²) in [6, 6.07) is 0. The average molecular weight is 323 g/mol. The number of hydrogen-bond donors (Lipinski definition) is 3. The first-order valence-corrected chi connectivity index (χ1v) is 9.78. The number of carbonyl (C=O) groups is 1. The summed E-state index contributed by atoms with van der Waals surface area (Å²) >= 11 is 5.87. The lowest BCUT2D eigenvalue weighted by Gasteiger charge is -2.24. The molecule has 114 valence electrons. The van der Waals surface area contributed by atoms with Crippen LogP contribution in [0, 0.1) is 0 Å². The summed E-state index contributed by atoms with van der Waals surface area (Å²) in [5.41, 5.74) is 0.471. The molecule has 3 N–H and O–H groups in total. The van der Waals surface area contributed by atoms with E-state index in [2.05, 4.69) is 6.58 Å². The van der Waals surface area contributed by atoms with Crippen molar-refractivity contribution in [3.05, 3.63) is 23.3 Å². The number of cyclic esters (lactones) is 1. The average Bonchev–Trinajstić information content (AvgIpc) is 2.71. The number of halogens is 1. The Morgan fingerprint density at radius 2 is 2.20 bits per heavy atom. The molecule has 0 fully saturated rings. The molecule has 8 heteroatoms. The zero-order chi connectivity index (χ0) is 15.5. The lowest BCUT2D eigenvalue weighted by Crippen LogP contribution is -2.35. The monoisotopic (exact) mass is 322 g/mol. The predicted octanol–water partition coefficient (Wildman–Crippen LogP) is 0.633. The quantitative estimate of drug-likeness (QED) is 0.361. The molecule has 1 rings (SSSR count). The molecule has 20 heavy (non-hydrogen) atoms. The number of ether oxygens (including phenoxy) is 2.